The van der Waals surface area contributed by atoms with E-state index in [1.54, 1.807) is 44.7 Å². The number of carbonyl (C=O) groups excluding carboxylic acids is 2. The van der Waals surface area contributed by atoms with Crippen LogP contribution in [0.25, 0.3) is 0 Å². The van der Waals surface area contributed by atoms with Crippen molar-refractivity contribution in [2.75, 3.05) is 32.7 Å². The Morgan fingerprint density at radius 1 is 1.10 bits per heavy atom. The molecule has 1 aliphatic rings. The first-order valence-corrected chi connectivity index (χ1v) is 11.2. The van der Waals surface area contributed by atoms with Crippen LogP contribution >= 0.6 is 0 Å². The third-order valence-corrected chi connectivity index (χ3v) is 6.60. The Hall–Kier alpha value is -2.13. The van der Waals surface area contributed by atoms with Crippen molar-refractivity contribution in [3.63, 3.8) is 0 Å². The second-order valence-corrected chi connectivity index (χ2v) is 10.1. The summed E-state index contributed by atoms with van der Waals surface area (Å²) >= 11 is 0. The summed E-state index contributed by atoms with van der Waals surface area (Å²) in [7, 11) is -3.59. The Balaban J connectivity index is 1.86. The second kappa shape index (κ2) is 9.13. The highest BCUT2D eigenvalue weighted by Gasteiger charge is 2.31. The van der Waals surface area contributed by atoms with E-state index >= 15 is 0 Å². The van der Waals surface area contributed by atoms with Crippen LogP contribution in [0.4, 0.5) is 4.79 Å². The van der Waals surface area contributed by atoms with Crippen LogP contribution in [0.5, 0.6) is 0 Å². The summed E-state index contributed by atoms with van der Waals surface area (Å²) < 4.78 is 32.5. The number of amides is 2. The molecule has 1 aliphatic heterocycles. The van der Waals surface area contributed by atoms with Gasteiger partial charge in [-0.3, -0.25) is 4.79 Å². The minimum absolute atomic E-state index is 0.121. The molecule has 0 saturated carbocycles. The fourth-order valence-corrected chi connectivity index (χ4v) is 4.78. The van der Waals surface area contributed by atoms with E-state index in [1.807, 2.05) is 13.0 Å². The average Bonchev–Trinajstić information content (AvgIpc) is 2.62. The number of sulfonamides is 1. The predicted molar refractivity (Wildman–Crippen MR) is 110 cm³/mol. The monoisotopic (exact) mass is 425 g/mol. The molecule has 8 nitrogen and oxygen atoms in total. The third kappa shape index (κ3) is 6.43. The van der Waals surface area contributed by atoms with Crippen LogP contribution in [0.15, 0.2) is 23.1 Å². The van der Waals surface area contributed by atoms with E-state index in [0.29, 0.717) is 23.5 Å². The fraction of sp³-hybridized carbons (Fsp3) is 0.600. The van der Waals surface area contributed by atoms with Gasteiger partial charge >= 0.3 is 6.09 Å². The number of hydrogen-bond acceptors (Lipinski definition) is 5. The lowest BCUT2D eigenvalue weighted by Crippen LogP contribution is -2.51. The fourth-order valence-electron chi connectivity index (χ4n) is 3.05. The van der Waals surface area contributed by atoms with Crippen molar-refractivity contribution in [3.05, 3.63) is 29.3 Å². The molecule has 1 fully saturated rings. The maximum atomic E-state index is 13.0. The van der Waals surface area contributed by atoms with Crippen molar-refractivity contribution in [2.45, 2.75) is 51.5 Å². The summed E-state index contributed by atoms with van der Waals surface area (Å²) in [5, 5.41) is 2.56. The number of hydrogen-bond donors (Lipinski definition) is 1. The van der Waals surface area contributed by atoms with E-state index in [9.17, 15) is 18.0 Å². The smallest absolute Gasteiger partial charge is 0.407 e. The van der Waals surface area contributed by atoms with E-state index in [1.165, 1.54) is 4.31 Å². The van der Waals surface area contributed by atoms with Gasteiger partial charge < -0.3 is 15.0 Å². The molecule has 1 N–H and O–H groups in total. The van der Waals surface area contributed by atoms with Crippen LogP contribution in [0.1, 0.15) is 38.3 Å². The van der Waals surface area contributed by atoms with Gasteiger partial charge in [0, 0.05) is 39.1 Å². The Morgan fingerprint density at radius 2 is 1.72 bits per heavy atom. The van der Waals surface area contributed by atoms with Crippen molar-refractivity contribution in [1.29, 1.82) is 0 Å². The standard InChI is InChI=1S/C20H31N3O5S/c1-15-6-7-16(2)17(14-15)29(26,27)23-12-10-22(11-13-23)18(24)8-9-21-19(25)28-20(3,4)5/h6-7,14H,8-13H2,1-5H3,(H,21,25). The molecule has 1 aromatic rings. The zero-order valence-electron chi connectivity index (χ0n) is 17.8. The Bertz CT molecular complexity index is 853. The van der Waals surface area contributed by atoms with Crippen molar-refractivity contribution < 1.29 is 22.7 Å². The van der Waals surface area contributed by atoms with Crippen LogP contribution in [0, 0.1) is 13.8 Å². The van der Waals surface area contributed by atoms with Gasteiger partial charge in [0.2, 0.25) is 15.9 Å². The lowest BCUT2D eigenvalue weighted by atomic mass is 10.2. The molecule has 0 unspecified atom stereocenters. The summed E-state index contributed by atoms with van der Waals surface area (Å²) in [6.45, 7) is 10.3. The number of piperazine rings is 1. The lowest BCUT2D eigenvalue weighted by Gasteiger charge is -2.34. The molecule has 1 aromatic carbocycles. The molecule has 2 amide bonds. The van der Waals surface area contributed by atoms with Gasteiger partial charge in [-0.05, 0) is 51.8 Å². The van der Waals surface area contributed by atoms with Crippen molar-refractivity contribution in [2.24, 2.45) is 0 Å². The SMILES string of the molecule is Cc1ccc(C)c(S(=O)(=O)N2CCN(C(=O)CCNC(=O)OC(C)(C)C)CC2)c1. The second-order valence-electron chi connectivity index (χ2n) is 8.23. The third-order valence-electron chi connectivity index (χ3n) is 4.56. The van der Waals surface area contributed by atoms with Crippen molar-refractivity contribution in [1.82, 2.24) is 14.5 Å². The van der Waals surface area contributed by atoms with Gasteiger partial charge in [0.15, 0.2) is 0 Å². The summed E-state index contributed by atoms with van der Waals surface area (Å²) in [6.07, 6.45) is -0.419. The molecular weight excluding hydrogens is 394 g/mol. The molecule has 2 rings (SSSR count). The van der Waals surface area contributed by atoms with Crippen LogP contribution in [0.3, 0.4) is 0 Å². The number of aryl methyl sites for hydroxylation is 2. The van der Waals surface area contributed by atoms with Gasteiger partial charge in [-0.25, -0.2) is 13.2 Å². The molecule has 9 heteroatoms. The Labute approximate surface area is 173 Å². The predicted octanol–water partition coefficient (Wildman–Crippen LogP) is 2.05. The molecule has 29 heavy (non-hydrogen) atoms. The number of alkyl carbamates (subject to hydrolysis) is 1. The van der Waals surface area contributed by atoms with Crippen LogP contribution in [-0.2, 0) is 19.6 Å². The molecule has 1 heterocycles. The highest BCUT2D eigenvalue weighted by Crippen LogP contribution is 2.22. The Kier molecular flexibility index (Phi) is 7.29. The molecule has 0 bridgehead atoms. The number of rotatable bonds is 5. The first-order valence-electron chi connectivity index (χ1n) is 9.72. The van der Waals surface area contributed by atoms with Crippen LogP contribution < -0.4 is 5.32 Å². The summed E-state index contributed by atoms with van der Waals surface area (Å²) in [4.78, 5) is 25.9. The highest BCUT2D eigenvalue weighted by atomic mass is 32.2. The quantitative estimate of drug-likeness (QED) is 0.779. The Morgan fingerprint density at radius 3 is 2.31 bits per heavy atom. The zero-order chi connectivity index (χ0) is 21.8. The molecule has 0 radical (unpaired) electrons. The molecule has 1 saturated heterocycles. The number of carbonyl (C=O) groups is 2. The highest BCUT2D eigenvalue weighted by molar-refractivity contribution is 7.89. The summed E-state index contributed by atoms with van der Waals surface area (Å²) in [5.74, 6) is -0.121. The molecule has 162 valence electrons. The van der Waals surface area contributed by atoms with Crippen molar-refractivity contribution >= 4 is 22.0 Å². The van der Waals surface area contributed by atoms with Gasteiger partial charge in [-0.15, -0.1) is 0 Å². The van der Waals surface area contributed by atoms with Gasteiger partial charge in [0.1, 0.15) is 5.60 Å². The first kappa shape index (κ1) is 23.2. The van der Waals surface area contributed by atoms with Crippen molar-refractivity contribution in [3.8, 4) is 0 Å². The zero-order valence-corrected chi connectivity index (χ0v) is 18.6. The van der Waals surface area contributed by atoms with Gasteiger partial charge in [0.05, 0.1) is 4.90 Å². The number of benzene rings is 1. The number of ether oxygens (including phenoxy) is 1. The van der Waals surface area contributed by atoms with Gasteiger partial charge in [0.25, 0.3) is 0 Å². The minimum atomic E-state index is -3.59. The summed E-state index contributed by atoms with van der Waals surface area (Å²) in [6, 6.07) is 5.38. The molecule has 0 aliphatic carbocycles. The van der Waals surface area contributed by atoms with E-state index < -0.39 is 21.7 Å². The normalized spacial score (nSPS) is 15.8. The lowest BCUT2D eigenvalue weighted by molar-refractivity contribution is -0.132. The minimum Gasteiger partial charge on any atom is -0.444 e. The summed E-state index contributed by atoms with van der Waals surface area (Å²) in [5.41, 5.74) is 1.01. The topological polar surface area (TPSA) is 96.0 Å². The average molecular weight is 426 g/mol. The molecular formula is C20H31N3O5S. The van der Waals surface area contributed by atoms with E-state index in [0.717, 1.165) is 5.56 Å². The molecule has 0 aromatic heterocycles. The maximum absolute atomic E-state index is 13.0. The maximum Gasteiger partial charge on any atom is 0.407 e. The van der Waals surface area contributed by atoms with E-state index in [-0.39, 0.29) is 32.0 Å². The van der Waals surface area contributed by atoms with Gasteiger partial charge in [-0.2, -0.15) is 4.31 Å². The van der Waals surface area contributed by atoms with Crippen LogP contribution in [-0.4, -0.2) is 67.9 Å². The number of nitrogens with zero attached hydrogens (tertiary/aromatic N) is 2. The van der Waals surface area contributed by atoms with Crippen LogP contribution in [0.2, 0.25) is 0 Å². The molecule has 0 atom stereocenters. The van der Waals surface area contributed by atoms with E-state index in [2.05, 4.69) is 5.32 Å². The largest absolute Gasteiger partial charge is 0.444 e. The molecule has 0 spiro atoms. The van der Waals surface area contributed by atoms with Gasteiger partial charge in [-0.1, -0.05) is 12.1 Å². The number of nitrogens with one attached hydrogen (secondary N) is 1. The van der Waals surface area contributed by atoms with E-state index in [4.69, 9.17) is 4.74 Å². The first-order chi connectivity index (χ1) is 13.4.